The van der Waals surface area contributed by atoms with E-state index in [-0.39, 0.29) is 0 Å². The van der Waals surface area contributed by atoms with E-state index in [9.17, 15) is 0 Å². The first-order valence-corrected chi connectivity index (χ1v) is 8.57. The van der Waals surface area contributed by atoms with Gasteiger partial charge in [-0.15, -0.1) is 11.3 Å². The standard InChI is InChI=1S/C16H29N3S/c1-14(12-17-13-15-6-5-11-20-15)18-7-9-19(10-8-18)16(2,3)4/h5-6,11,14,17H,7-10,12-13H2,1-4H3. The monoisotopic (exact) mass is 295 g/mol. The van der Waals surface area contributed by atoms with Crippen LogP contribution in [0.1, 0.15) is 32.6 Å². The summed E-state index contributed by atoms with van der Waals surface area (Å²) >= 11 is 1.83. The molecule has 1 unspecified atom stereocenters. The van der Waals surface area contributed by atoms with Gasteiger partial charge in [-0.3, -0.25) is 9.80 Å². The molecular weight excluding hydrogens is 266 g/mol. The van der Waals surface area contributed by atoms with E-state index in [0.29, 0.717) is 11.6 Å². The first-order valence-electron chi connectivity index (χ1n) is 7.69. The predicted octanol–water partition coefficient (Wildman–Crippen LogP) is 2.64. The summed E-state index contributed by atoms with van der Waals surface area (Å²) in [5, 5.41) is 5.73. The molecule has 114 valence electrons. The molecule has 1 N–H and O–H groups in total. The summed E-state index contributed by atoms with van der Waals surface area (Å²) in [4.78, 5) is 6.63. The Balaban J connectivity index is 1.68. The molecule has 2 rings (SSSR count). The average Bonchev–Trinajstić information content (AvgIpc) is 2.91. The van der Waals surface area contributed by atoms with Crippen molar-refractivity contribution in [1.29, 1.82) is 0 Å². The summed E-state index contributed by atoms with van der Waals surface area (Å²) in [5.74, 6) is 0. The normalized spacial score (nSPS) is 20.2. The highest BCUT2D eigenvalue weighted by molar-refractivity contribution is 7.09. The van der Waals surface area contributed by atoms with Gasteiger partial charge in [0.1, 0.15) is 0 Å². The fourth-order valence-corrected chi connectivity index (χ4v) is 3.45. The summed E-state index contributed by atoms with van der Waals surface area (Å²) in [7, 11) is 0. The molecule has 0 aromatic carbocycles. The Labute approximate surface area is 128 Å². The van der Waals surface area contributed by atoms with E-state index < -0.39 is 0 Å². The molecule has 0 spiro atoms. The zero-order chi connectivity index (χ0) is 14.6. The second-order valence-electron chi connectivity index (χ2n) is 6.75. The van der Waals surface area contributed by atoms with Crippen molar-refractivity contribution in [3.63, 3.8) is 0 Å². The molecule has 1 saturated heterocycles. The van der Waals surface area contributed by atoms with Crippen LogP contribution in [0.25, 0.3) is 0 Å². The van der Waals surface area contributed by atoms with Crippen molar-refractivity contribution in [2.75, 3.05) is 32.7 Å². The smallest absolute Gasteiger partial charge is 0.0300 e. The molecule has 0 bridgehead atoms. The van der Waals surface area contributed by atoms with Gasteiger partial charge in [0.05, 0.1) is 0 Å². The Kier molecular flexibility index (Phi) is 5.61. The van der Waals surface area contributed by atoms with Crippen LogP contribution in [0.15, 0.2) is 17.5 Å². The van der Waals surface area contributed by atoms with Gasteiger partial charge in [0.15, 0.2) is 0 Å². The second kappa shape index (κ2) is 7.03. The molecule has 1 fully saturated rings. The van der Waals surface area contributed by atoms with Gasteiger partial charge in [-0.05, 0) is 39.1 Å². The molecule has 1 aliphatic heterocycles. The minimum atomic E-state index is 0.312. The third kappa shape index (κ3) is 4.55. The van der Waals surface area contributed by atoms with Crippen LogP contribution in [0.5, 0.6) is 0 Å². The highest BCUT2D eigenvalue weighted by Crippen LogP contribution is 2.16. The van der Waals surface area contributed by atoms with Crippen molar-refractivity contribution in [2.45, 2.75) is 45.8 Å². The Morgan fingerprint density at radius 3 is 2.50 bits per heavy atom. The molecular formula is C16H29N3S. The molecule has 1 aliphatic rings. The molecule has 2 heterocycles. The van der Waals surface area contributed by atoms with Crippen LogP contribution in [0.2, 0.25) is 0 Å². The molecule has 0 amide bonds. The van der Waals surface area contributed by atoms with E-state index in [2.05, 4.69) is 60.3 Å². The number of piperazine rings is 1. The van der Waals surface area contributed by atoms with Crippen molar-refractivity contribution in [2.24, 2.45) is 0 Å². The summed E-state index contributed by atoms with van der Waals surface area (Å²) < 4.78 is 0. The predicted molar refractivity (Wildman–Crippen MR) is 88.4 cm³/mol. The van der Waals surface area contributed by atoms with Crippen molar-refractivity contribution in [1.82, 2.24) is 15.1 Å². The SMILES string of the molecule is CC(CNCc1cccs1)N1CCN(C(C)(C)C)CC1. The number of hydrogen-bond donors (Lipinski definition) is 1. The first-order chi connectivity index (χ1) is 9.47. The van der Waals surface area contributed by atoms with Crippen LogP contribution in [-0.2, 0) is 6.54 Å². The van der Waals surface area contributed by atoms with Gasteiger partial charge in [0.2, 0.25) is 0 Å². The summed E-state index contributed by atoms with van der Waals surface area (Å²) in [6, 6.07) is 4.94. The van der Waals surface area contributed by atoms with Gasteiger partial charge < -0.3 is 5.32 Å². The molecule has 0 saturated carbocycles. The van der Waals surface area contributed by atoms with Crippen LogP contribution in [-0.4, -0.2) is 54.1 Å². The number of nitrogens with zero attached hydrogens (tertiary/aromatic N) is 2. The summed E-state index contributed by atoms with van der Waals surface area (Å²) in [6.07, 6.45) is 0. The molecule has 1 atom stereocenters. The maximum Gasteiger partial charge on any atom is 0.0300 e. The van der Waals surface area contributed by atoms with E-state index in [0.717, 1.165) is 13.1 Å². The maximum absolute atomic E-state index is 3.58. The summed E-state index contributed by atoms with van der Waals surface area (Å²) in [5.41, 5.74) is 0.312. The molecule has 20 heavy (non-hydrogen) atoms. The Bertz CT molecular complexity index is 375. The largest absolute Gasteiger partial charge is 0.310 e. The Morgan fingerprint density at radius 1 is 1.25 bits per heavy atom. The van der Waals surface area contributed by atoms with Crippen LogP contribution < -0.4 is 5.32 Å². The van der Waals surface area contributed by atoms with E-state index in [1.165, 1.54) is 31.1 Å². The van der Waals surface area contributed by atoms with E-state index in [1.807, 2.05) is 11.3 Å². The zero-order valence-corrected chi connectivity index (χ0v) is 14.2. The average molecular weight is 295 g/mol. The fourth-order valence-electron chi connectivity index (χ4n) is 2.78. The lowest BCUT2D eigenvalue weighted by molar-refractivity contribution is 0.0456. The molecule has 4 heteroatoms. The molecule has 1 aromatic heterocycles. The number of nitrogens with one attached hydrogen (secondary N) is 1. The van der Waals surface area contributed by atoms with E-state index >= 15 is 0 Å². The van der Waals surface area contributed by atoms with Gasteiger partial charge in [-0.2, -0.15) is 0 Å². The van der Waals surface area contributed by atoms with Crippen molar-refractivity contribution >= 4 is 11.3 Å². The van der Waals surface area contributed by atoms with Gasteiger partial charge >= 0.3 is 0 Å². The van der Waals surface area contributed by atoms with Gasteiger partial charge in [0, 0.05) is 55.7 Å². The molecule has 1 aromatic rings. The van der Waals surface area contributed by atoms with Crippen LogP contribution in [0.3, 0.4) is 0 Å². The lowest BCUT2D eigenvalue weighted by atomic mass is 10.0. The van der Waals surface area contributed by atoms with Crippen LogP contribution in [0.4, 0.5) is 0 Å². The number of thiophene rings is 1. The highest BCUT2D eigenvalue weighted by Gasteiger charge is 2.27. The lowest BCUT2D eigenvalue weighted by Gasteiger charge is -2.44. The quantitative estimate of drug-likeness (QED) is 0.901. The number of rotatable bonds is 5. The third-order valence-corrected chi connectivity index (χ3v) is 5.08. The van der Waals surface area contributed by atoms with Gasteiger partial charge in [-0.1, -0.05) is 6.07 Å². The maximum atomic E-state index is 3.58. The third-order valence-electron chi connectivity index (χ3n) is 4.21. The second-order valence-corrected chi connectivity index (χ2v) is 7.79. The Hall–Kier alpha value is -0.420. The molecule has 3 nitrogen and oxygen atoms in total. The Morgan fingerprint density at radius 2 is 1.95 bits per heavy atom. The van der Waals surface area contributed by atoms with E-state index in [1.54, 1.807) is 0 Å². The molecule has 0 radical (unpaired) electrons. The highest BCUT2D eigenvalue weighted by atomic mass is 32.1. The van der Waals surface area contributed by atoms with Crippen LogP contribution in [0, 0.1) is 0 Å². The first kappa shape index (κ1) is 16.0. The summed E-state index contributed by atoms with van der Waals surface area (Å²) in [6.45, 7) is 16.1. The van der Waals surface area contributed by atoms with Crippen molar-refractivity contribution in [3.05, 3.63) is 22.4 Å². The van der Waals surface area contributed by atoms with Crippen molar-refractivity contribution in [3.8, 4) is 0 Å². The molecule has 0 aliphatic carbocycles. The lowest BCUT2D eigenvalue weighted by Crippen LogP contribution is -2.56. The van der Waals surface area contributed by atoms with Gasteiger partial charge in [0.25, 0.3) is 0 Å². The van der Waals surface area contributed by atoms with Crippen molar-refractivity contribution < 1.29 is 0 Å². The van der Waals surface area contributed by atoms with E-state index in [4.69, 9.17) is 0 Å². The minimum absolute atomic E-state index is 0.312. The van der Waals surface area contributed by atoms with Crippen LogP contribution >= 0.6 is 11.3 Å². The fraction of sp³-hybridized carbons (Fsp3) is 0.750. The zero-order valence-electron chi connectivity index (χ0n) is 13.4. The topological polar surface area (TPSA) is 18.5 Å². The minimum Gasteiger partial charge on any atom is -0.310 e. The van der Waals surface area contributed by atoms with Gasteiger partial charge in [-0.25, -0.2) is 0 Å². The number of hydrogen-bond acceptors (Lipinski definition) is 4.